The van der Waals surface area contributed by atoms with E-state index in [2.05, 4.69) is 22.1 Å². The van der Waals surface area contributed by atoms with Crippen molar-refractivity contribution in [2.45, 2.75) is 26.8 Å². The van der Waals surface area contributed by atoms with Crippen LogP contribution < -0.4 is 5.73 Å². The molecule has 6 nitrogen and oxygen atoms in total. The summed E-state index contributed by atoms with van der Waals surface area (Å²) in [5, 5.41) is 16.5. The van der Waals surface area contributed by atoms with Crippen LogP contribution in [-0.2, 0) is 13.6 Å². The molecule has 18 heavy (non-hydrogen) atoms. The van der Waals surface area contributed by atoms with Crippen LogP contribution in [0.4, 0.5) is 0 Å². The second kappa shape index (κ2) is 6.61. The van der Waals surface area contributed by atoms with Crippen LogP contribution in [-0.4, -0.2) is 38.8 Å². The van der Waals surface area contributed by atoms with Gasteiger partial charge in [0.1, 0.15) is 5.15 Å². The molecule has 3 N–H and O–H groups in total. The molecule has 0 aliphatic heterocycles. The van der Waals surface area contributed by atoms with Gasteiger partial charge in [-0.25, -0.2) is 0 Å². The van der Waals surface area contributed by atoms with Gasteiger partial charge < -0.3 is 10.9 Å². The molecule has 0 atom stereocenters. The molecule has 7 heteroatoms. The molecule has 1 rings (SSSR count). The van der Waals surface area contributed by atoms with Crippen molar-refractivity contribution in [1.29, 1.82) is 0 Å². The van der Waals surface area contributed by atoms with Gasteiger partial charge in [0.05, 0.1) is 12.2 Å². The van der Waals surface area contributed by atoms with Crippen LogP contribution in [0.2, 0.25) is 5.15 Å². The maximum atomic E-state index is 8.63. The van der Waals surface area contributed by atoms with Crippen molar-refractivity contribution in [2.24, 2.45) is 17.9 Å². The molecule has 0 saturated carbocycles. The van der Waals surface area contributed by atoms with Gasteiger partial charge in [-0.15, -0.1) is 0 Å². The molecule has 102 valence electrons. The standard InChI is InChI=1S/C11H20ClN5O/c1-4-5-17(7-10(13)15-18)6-9-8(2)14-16(3)11(9)12/h18H,4-7H2,1-3H3,(H2,13,15). The third-order valence-corrected chi connectivity index (χ3v) is 3.18. The van der Waals surface area contributed by atoms with E-state index >= 15 is 0 Å². The van der Waals surface area contributed by atoms with Crippen LogP contribution in [0.1, 0.15) is 24.6 Å². The van der Waals surface area contributed by atoms with Gasteiger partial charge in [0.15, 0.2) is 5.84 Å². The first kappa shape index (κ1) is 14.8. The Bertz CT molecular complexity index is 429. The van der Waals surface area contributed by atoms with Crippen molar-refractivity contribution in [2.75, 3.05) is 13.1 Å². The minimum absolute atomic E-state index is 0.195. The molecule has 0 radical (unpaired) electrons. The molecule has 1 aromatic heterocycles. The highest BCUT2D eigenvalue weighted by atomic mass is 35.5. The van der Waals surface area contributed by atoms with E-state index in [-0.39, 0.29) is 5.84 Å². The fourth-order valence-corrected chi connectivity index (χ4v) is 2.10. The Kier molecular flexibility index (Phi) is 5.43. The molecule has 1 heterocycles. The highest BCUT2D eigenvalue weighted by molar-refractivity contribution is 6.30. The van der Waals surface area contributed by atoms with Crippen LogP contribution in [0.25, 0.3) is 0 Å². The van der Waals surface area contributed by atoms with Gasteiger partial charge in [-0.2, -0.15) is 5.10 Å². The number of rotatable bonds is 6. The van der Waals surface area contributed by atoms with Gasteiger partial charge in [0.2, 0.25) is 0 Å². The van der Waals surface area contributed by atoms with Gasteiger partial charge in [-0.1, -0.05) is 23.7 Å². The highest BCUT2D eigenvalue weighted by Gasteiger charge is 2.15. The number of amidine groups is 1. The molecule has 0 amide bonds. The first-order valence-electron chi connectivity index (χ1n) is 5.86. The third kappa shape index (κ3) is 3.61. The molecular weight excluding hydrogens is 254 g/mol. The smallest absolute Gasteiger partial charge is 0.153 e. The first-order valence-corrected chi connectivity index (χ1v) is 6.24. The minimum Gasteiger partial charge on any atom is -0.409 e. The predicted octanol–water partition coefficient (Wildman–Crippen LogP) is 1.34. The molecule has 0 fully saturated rings. The Hall–Kier alpha value is -1.27. The maximum Gasteiger partial charge on any atom is 0.153 e. The van der Waals surface area contributed by atoms with E-state index in [0.29, 0.717) is 18.2 Å². The van der Waals surface area contributed by atoms with Crippen molar-refractivity contribution in [1.82, 2.24) is 14.7 Å². The minimum atomic E-state index is 0.195. The van der Waals surface area contributed by atoms with Crippen molar-refractivity contribution >= 4 is 17.4 Å². The predicted molar refractivity (Wildman–Crippen MR) is 71.9 cm³/mol. The number of aryl methyl sites for hydroxylation is 2. The summed E-state index contributed by atoms with van der Waals surface area (Å²) in [6.45, 7) is 5.91. The highest BCUT2D eigenvalue weighted by Crippen LogP contribution is 2.20. The SMILES string of the molecule is CCCN(CC(N)=NO)Cc1c(C)nn(C)c1Cl. The molecule has 0 unspecified atom stereocenters. The lowest BCUT2D eigenvalue weighted by atomic mass is 10.2. The Morgan fingerprint density at radius 2 is 2.28 bits per heavy atom. The number of halogens is 1. The molecule has 0 spiro atoms. The largest absolute Gasteiger partial charge is 0.409 e. The van der Waals surface area contributed by atoms with E-state index in [1.807, 2.05) is 14.0 Å². The summed E-state index contributed by atoms with van der Waals surface area (Å²) in [5.74, 6) is 0.195. The summed E-state index contributed by atoms with van der Waals surface area (Å²) in [5.41, 5.74) is 7.43. The molecule has 0 bridgehead atoms. The molecule has 0 aliphatic rings. The molecule has 1 aromatic rings. The van der Waals surface area contributed by atoms with Crippen LogP contribution in [0, 0.1) is 6.92 Å². The van der Waals surface area contributed by atoms with Crippen LogP contribution in [0.15, 0.2) is 5.16 Å². The Morgan fingerprint density at radius 1 is 1.61 bits per heavy atom. The van der Waals surface area contributed by atoms with E-state index in [9.17, 15) is 0 Å². The summed E-state index contributed by atoms with van der Waals surface area (Å²) >= 11 is 6.19. The molecule has 0 saturated heterocycles. The lowest BCUT2D eigenvalue weighted by molar-refractivity contribution is 0.285. The zero-order valence-corrected chi connectivity index (χ0v) is 11.8. The van der Waals surface area contributed by atoms with Crippen molar-refractivity contribution < 1.29 is 5.21 Å². The average Bonchev–Trinajstić information content (AvgIpc) is 2.56. The van der Waals surface area contributed by atoms with Gasteiger partial charge in [0.25, 0.3) is 0 Å². The van der Waals surface area contributed by atoms with Crippen molar-refractivity contribution in [3.05, 3.63) is 16.4 Å². The maximum absolute atomic E-state index is 8.63. The van der Waals surface area contributed by atoms with Gasteiger partial charge in [0, 0.05) is 19.2 Å². The summed E-state index contributed by atoms with van der Waals surface area (Å²) in [4.78, 5) is 2.07. The van der Waals surface area contributed by atoms with Crippen LogP contribution in [0.3, 0.4) is 0 Å². The fraction of sp³-hybridized carbons (Fsp3) is 0.636. The van der Waals surface area contributed by atoms with E-state index in [1.165, 1.54) is 0 Å². The number of aromatic nitrogens is 2. The number of oxime groups is 1. The van der Waals surface area contributed by atoms with E-state index in [1.54, 1.807) is 4.68 Å². The van der Waals surface area contributed by atoms with Crippen LogP contribution >= 0.6 is 11.6 Å². The second-order valence-electron chi connectivity index (χ2n) is 4.28. The van der Waals surface area contributed by atoms with Gasteiger partial charge >= 0.3 is 0 Å². The quantitative estimate of drug-likeness (QED) is 0.355. The lowest BCUT2D eigenvalue weighted by Gasteiger charge is -2.20. The summed E-state index contributed by atoms with van der Waals surface area (Å²) < 4.78 is 1.65. The normalized spacial score (nSPS) is 12.4. The first-order chi connectivity index (χ1) is 8.49. The Labute approximate surface area is 112 Å². The van der Waals surface area contributed by atoms with E-state index in [4.69, 9.17) is 22.5 Å². The third-order valence-electron chi connectivity index (χ3n) is 2.71. The summed E-state index contributed by atoms with van der Waals surface area (Å²) in [6, 6.07) is 0. The van der Waals surface area contributed by atoms with E-state index < -0.39 is 0 Å². The monoisotopic (exact) mass is 273 g/mol. The number of hydrogen-bond donors (Lipinski definition) is 2. The molecular formula is C11H20ClN5O. The van der Waals surface area contributed by atoms with Gasteiger partial charge in [-0.05, 0) is 19.9 Å². The van der Waals surface area contributed by atoms with E-state index in [0.717, 1.165) is 24.2 Å². The van der Waals surface area contributed by atoms with Crippen molar-refractivity contribution in [3.8, 4) is 0 Å². The fourth-order valence-electron chi connectivity index (χ4n) is 1.87. The summed E-state index contributed by atoms with van der Waals surface area (Å²) in [6.07, 6.45) is 0.982. The zero-order valence-electron chi connectivity index (χ0n) is 11.0. The molecule has 0 aliphatic carbocycles. The zero-order chi connectivity index (χ0) is 13.7. The molecule has 0 aromatic carbocycles. The topological polar surface area (TPSA) is 79.7 Å². The number of nitrogens with zero attached hydrogens (tertiary/aromatic N) is 4. The van der Waals surface area contributed by atoms with Crippen molar-refractivity contribution in [3.63, 3.8) is 0 Å². The average molecular weight is 274 g/mol. The second-order valence-corrected chi connectivity index (χ2v) is 4.64. The lowest BCUT2D eigenvalue weighted by Crippen LogP contribution is -2.34. The Morgan fingerprint density at radius 3 is 2.72 bits per heavy atom. The number of hydrogen-bond acceptors (Lipinski definition) is 4. The Balaban J connectivity index is 2.82. The summed E-state index contributed by atoms with van der Waals surface area (Å²) in [7, 11) is 1.81. The van der Waals surface area contributed by atoms with Crippen LogP contribution in [0.5, 0.6) is 0 Å². The van der Waals surface area contributed by atoms with Gasteiger partial charge in [-0.3, -0.25) is 9.58 Å². The number of nitrogens with two attached hydrogens (primary N) is 1.